The van der Waals surface area contributed by atoms with E-state index in [2.05, 4.69) is 5.32 Å². The zero-order valence-corrected chi connectivity index (χ0v) is 10.8. The molecule has 0 spiro atoms. The number of benzene rings is 1. The molecule has 2 aliphatic rings. The van der Waals surface area contributed by atoms with Crippen LogP contribution in [0.5, 0.6) is 0 Å². The van der Waals surface area contributed by atoms with E-state index in [9.17, 15) is 4.39 Å². The van der Waals surface area contributed by atoms with Crippen molar-refractivity contribution in [3.63, 3.8) is 0 Å². The lowest BCUT2D eigenvalue weighted by atomic mass is 9.81. The lowest BCUT2D eigenvalue weighted by Gasteiger charge is -2.38. The van der Waals surface area contributed by atoms with Crippen LogP contribution in [0.15, 0.2) is 18.2 Å². The first-order valence-corrected chi connectivity index (χ1v) is 5.82. The standard InChI is InChI=1S/C12H13ClFNO.ClH/c13-11-3-1-2-8-9(11)5-16-12(6-14)7-15-4-10(8)12;/h1-3,10,15H,4-7H2;1H. The van der Waals surface area contributed by atoms with Crippen molar-refractivity contribution < 1.29 is 9.13 Å². The molecule has 0 aromatic heterocycles. The van der Waals surface area contributed by atoms with Gasteiger partial charge >= 0.3 is 0 Å². The number of hydrogen-bond donors (Lipinski definition) is 1. The fourth-order valence-corrected chi connectivity index (χ4v) is 2.97. The highest BCUT2D eigenvalue weighted by Crippen LogP contribution is 2.43. The van der Waals surface area contributed by atoms with Gasteiger partial charge in [-0.1, -0.05) is 23.7 Å². The molecule has 1 saturated heterocycles. The van der Waals surface area contributed by atoms with Crippen LogP contribution < -0.4 is 5.32 Å². The average molecular weight is 278 g/mol. The normalized spacial score (nSPS) is 30.4. The minimum atomic E-state index is -0.669. The number of ether oxygens (including phenoxy) is 1. The van der Waals surface area contributed by atoms with Gasteiger partial charge in [0.25, 0.3) is 0 Å². The second-order valence-electron chi connectivity index (χ2n) is 4.48. The lowest BCUT2D eigenvalue weighted by molar-refractivity contribution is -0.0789. The van der Waals surface area contributed by atoms with Gasteiger partial charge in [-0.2, -0.15) is 0 Å². The first-order chi connectivity index (χ1) is 7.77. The molecular formula is C12H14Cl2FNO. The third-order valence-corrected chi connectivity index (χ3v) is 4.02. The van der Waals surface area contributed by atoms with E-state index in [1.807, 2.05) is 18.2 Å². The number of hydrogen-bond acceptors (Lipinski definition) is 2. The highest BCUT2D eigenvalue weighted by molar-refractivity contribution is 6.31. The van der Waals surface area contributed by atoms with E-state index >= 15 is 0 Å². The molecule has 1 aromatic rings. The molecule has 0 saturated carbocycles. The van der Waals surface area contributed by atoms with Crippen molar-refractivity contribution in [2.75, 3.05) is 19.8 Å². The molecule has 0 aliphatic carbocycles. The van der Waals surface area contributed by atoms with Crippen molar-refractivity contribution in [1.82, 2.24) is 5.32 Å². The third-order valence-electron chi connectivity index (χ3n) is 3.67. The van der Waals surface area contributed by atoms with E-state index in [1.54, 1.807) is 0 Å². The topological polar surface area (TPSA) is 21.3 Å². The van der Waals surface area contributed by atoms with Crippen LogP contribution in [0, 0.1) is 0 Å². The molecule has 2 heterocycles. The van der Waals surface area contributed by atoms with Gasteiger partial charge in [-0.05, 0) is 17.2 Å². The van der Waals surface area contributed by atoms with Gasteiger partial charge in [0.1, 0.15) is 12.3 Å². The number of nitrogens with one attached hydrogen (secondary N) is 1. The molecule has 0 amide bonds. The lowest BCUT2D eigenvalue weighted by Crippen LogP contribution is -2.45. The molecule has 2 atom stereocenters. The van der Waals surface area contributed by atoms with Crippen LogP contribution in [0.3, 0.4) is 0 Å². The Labute approximate surface area is 111 Å². The molecule has 2 unspecified atom stereocenters. The molecule has 0 radical (unpaired) electrons. The molecule has 2 nitrogen and oxygen atoms in total. The van der Waals surface area contributed by atoms with Crippen molar-refractivity contribution in [2.24, 2.45) is 0 Å². The average Bonchev–Trinajstić information content (AvgIpc) is 2.74. The van der Waals surface area contributed by atoms with Gasteiger partial charge in [-0.15, -0.1) is 12.4 Å². The molecule has 3 rings (SSSR count). The Hall–Kier alpha value is -0.350. The number of alkyl halides is 1. The first-order valence-electron chi connectivity index (χ1n) is 5.45. The summed E-state index contributed by atoms with van der Waals surface area (Å²) in [5.74, 6) is 0.0833. The predicted octanol–water partition coefficient (Wildman–Crippen LogP) is 2.69. The van der Waals surface area contributed by atoms with Gasteiger partial charge in [0.05, 0.1) is 6.61 Å². The monoisotopic (exact) mass is 277 g/mol. The molecule has 17 heavy (non-hydrogen) atoms. The summed E-state index contributed by atoms with van der Waals surface area (Å²) >= 11 is 6.13. The number of rotatable bonds is 1. The molecule has 1 aromatic carbocycles. The zero-order chi connectivity index (χ0) is 11.2. The summed E-state index contributed by atoms with van der Waals surface area (Å²) in [4.78, 5) is 0. The van der Waals surface area contributed by atoms with Crippen LogP contribution in [-0.2, 0) is 11.3 Å². The highest BCUT2D eigenvalue weighted by atomic mass is 35.5. The van der Waals surface area contributed by atoms with Crippen molar-refractivity contribution in [3.05, 3.63) is 34.3 Å². The Morgan fingerprint density at radius 3 is 3.12 bits per heavy atom. The van der Waals surface area contributed by atoms with Gasteiger partial charge in [0.15, 0.2) is 0 Å². The Balaban J connectivity index is 0.00000108. The maximum atomic E-state index is 13.2. The second kappa shape index (κ2) is 4.73. The van der Waals surface area contributed by atoms with Crippen LogP contribution >= 0.6 is 24.0 Å². The van der Waals surface area contributed by atoms with E-state index in [0.717, 1.165) is 22.7 Å². The van der Waals surface area contributed by atoms with Crippen LogP contribution in [-0.4, -0.2) is 25.4 Å². The van der Waals surface area contributed by atoms with E-state index in [0.29, 0.717) is 13.2 Å². The summed E-state index contributed by atoms with van der Waals surface area (Å²) in [7, 11) is 0. The van der Waals surface area contributed by atoms with Crippen LogP contribution in [0.2, 0.25) is 5.02 Å². The Morgan fingerprint density at radius 1 is 1.53 bits per heavy atom. The summed E-state index contributed by atoms with van der Waals surface area (Å²) < 4.78 is 18.9. The van der Waals surface area contributed by atoms with Crippen molar-refractivity contribution >= 4 is 24.0 Å². The molecule has 5 heteroatoms. The number of fused-ring (bicyclic) bond motifs is 3. The van der Waals surface area contributed by atoms with Crippen LogP contribution in [0.4, 0.5) is 4.39 Å². The van der Waals surface area contributed by atoms with Crippen LogP contribution in [0.25, 0.3) is 0 Å². The number of halogens is 3. The SMILES string of the molecule is Cl.FCC12CNCC1c1cccc(Cl)c1CO2. The van der Waals surface area contributed by atoms with E-state index in [4.69, 9.17) is 16.3 Å². The molecule has 2 aliphatic heterocycles. The smallest absolute Gasteiger partial charge is 0.120 e. The molecule has 94 valence electrons. The largest absolute Gasteiger partial charge is 0.365 e. The minimum absolute atomic E-state index is 0. The van der Waals surface area contributed by atoms with E-state index < -0.39 is 12.3 Å². The highest BCUT2D eigenvalue weighted by Gasteiger charge is 2.48. The van der Waals surface area contributed by atoms with Gasteiger partial charge in [-0.25, -0.2) is 4.39 Å². The maximum absolute atomic E-state index is 13.2. The van der Waals surface area contributed by atoms with Crippen LogP contribution in [0.1, 0.15) is 17.0 Å². The Bertz CT molecular complexity index is 429. The summed E-state index contributed by atoms with van der Waals surface area (Å²) in [6.45, 7) is 1.31. The van der Waals surface area contributed by atoms with Gasteiger partial charge in [0, 0.05) is 24.0 Å². The maximum Gasteiger partial charge on any atom is 0.120 e. The molecule has 1 N–H and O–H groups in total. The van der Waals surface area contributed by atoms with Crippen molar-refractivity contribution in [2.45, 2.75) is 18.1 Å². The van der Waals surface area contributed by atoms with Crippen molar-refractivity contribution in [1.29, 1.82) is 0 Å². The fourth-order valence-electron chi connectivity index (χ4n) is 2.73. The Kier molecular flexibility index (Phi) is 3.64. The minimum Gasteiger partial charge on any atom is -0.365 e. The third kappa shape index (κ3) is 1.85. The Morgan fingerprint density at radius 2 is 2.35 bits per heavy atom. The predicted molar refractivity (Wildman–Crippen MR) is 67.8 cm³/mol. The van der Waals surface area contributed by atoms with E-state index in [1.165, 1.54) is 0 Å². The van der Waals surface area contributed by atoms with Gasteiger partial charge in [0.2, 0.25) is 0 Å². The quantitative estimate of drug-likeness (QED) is 0.852. The molecule has 0 bridgehead atoms. The van der Waals surface area contributed by atoms with Gasteiger partial charge < -0.3 is 10.1 Å². The first kappa shape index (κ1) is 13.1. The summed E-state index contributed by atoms with van der Waals surface area (Å²) in [6.07, 6.45) is 0. The fraction of sp³-hybridized carbons (Fsp3) is 0.500. The molecular weight excluding hydrogens is 264 g/mol. The summed E-state index contributed by atoms with van der Waals surface area (Å²) in [6, 6.07) is 5.81. The van der Waals surface area contributed by atoms with Crippen molar-refractivity contribution in [3.8, 4) is 0 Å². The zero-order valence-electron chi connectivity index (χ0n) is 9.21. The molecule has 1 fully saturated rings. The summed E-state index contributed by atoms with van der Waals surface area (Å²) in [5.41, 5.74) is 1.49. The van der Waals surface area contributed by atoms with E-state index in [-0.39, 0.29) is 18.3 Å². The van der Waals surface area contributed by atoms with Gasteiger partial charge in [-0.3, -0.25) is 0 Å². The summed E-state index contributed by atoms with van der Waals surface area (Å²) in [5, 5.41) is 3.93. The second-order valence-corrected chi connectivity index (χ2v) is 4.89.